The smallest absolute Gasteiger partial charge is 0.265 e. The van der Waals surface area contributed by atoms with Gasteiger partial charge in [0.25, 0.3) is 5.91 Å². The second kappa shape index (κ2) is 6.70. The summed E-state index contributed by atoms with van der Waals surface area (Å²) in [7, 11) is 0. The van der Waals surface area contributed by atoms with Gasteiger partial charge < -0.3 is 10.1 Å². The van der Waals surface area contributed by atoms with Crippen LogP contribution in [0.1, 0.15) is 0 Å². The number of carbonyl (C=O) groups is 2. The van der Waals surface area contributed by atoms with E-state index in [2.05, 4.69) is 10.3 Å². The molecule has 6 nitrogen and oxygen atoms in total. The summed E-state index contributed by atoms with van der Waals surface area (Å²) in [5, 5.41) is 3.62. The van der Waals surface area contributed by atoms with Gasteiger partial charge in [0.15, 0.2) is 6.61 Å². The molecule has 2 amide bonds. The standard InChI is InChI=1S/C16H15N3O3S/c1-23-15-7-6-11(8-17-15)18-14(20)9-19-12-4-2-3-5-13(12)22-10-16(19)21/h2-8H,9-10H2,1H3,(H,18,20). The molecule has 0 bridgehead atoms. The summed E-state index contributed by atoms with van der Waals surface area (Å²) in [5.74, 6) is 0.0781. The third-order valence-electron chi connectivity index (χ3n) is 3.34. The number of thioether (sulfide) groups is 1. The van der Waals surface area contributed by atoms with Crippen molar-refractivity contribution >= 4 is 35.0 Å². The Hall–Kier alpha value is -2.54. The van der Waals surface area contributed by atoms with Gasteiger partial charge in [-0.2, -0.15) is 0 Å². The molecule has 118 valence electrons. The van der Waals surface area contributed by atoms with Gasteiger partial charge in [-0.05, 0) is 30.5 Å². The van der Waals surface area contributed by atoms with Gasteiger partial charge in [-0.1, -0.05) is 12.1 Å². The van der Waals surface area contributed by atoms with Gasteiger partial charge >= 0.3 is 0 Å². The lowest BCUT2D eigenvalue weighted by Crippen LogP contribution is -2.43. The third kappa shape index (κ3) is 3.45. The van der Waals surface area contributed by atoms with Crippen LogP contribution >= 0.6 is 11.8 Å². The number of pyridine rings is 1. The van der Waals surface area contributed by atoms with Crippen molar-refractivity contribution in [3.63, 3.8) is 0 Å². The number of amides is 2. The Morgan fingerprint density at radius 1 is 1.35 bits per heavy atom. The average molecular weight is 329 g/mol. The van der Waals surface area contributed by atoms with Crippen LogP contribution in [0.15, 0.2) is 47.6 Å². The first-order chi connectivity index (χ1) is 11.2. The summed E-state index contributed by atoms with van der Waals surface area (Å²) >= 11 is 1.53. The zero-order valence-corrected chi connectivity index (χ0v) is 13.3. The molecule has 1 aliphatic rings. The van der Waals surface area contributed by atoms with E-state index in [9.17, 15) is 9.59 Å². The molecule has 2 aromatic rings. The number of fused-ring (bicyclic) bond motifs is 1. The molecular formula is C16H15N3O3S. The molecule has 1 N–H and O–H groups in total. The zero-order valence-electron chi connectivity index (χ0n) is 12.5. The van der Waals surface area contributed by atoms with E-state index >= 15 is 0 Å². The fraction of sp³-hybridized carbons (Fsp3) is 0.188. The molecule has 0 unspecified atom stereocenters. The Balaban J connectivity index is 1.71. The lowest BCUT2D eigenvalue weighted by atomic mass is 10.2. The molecule has 0 radical (unpaired) electrons. The number of anilines is 2. The van der Waals surface area contributed by atoms with Crippen LogP contribution < -0.4 is 15.0 Å². The van der Waals surface area contributed by atoms with Crippen LogP contribution in [0.3, 0.4) is 0 Å². The number of benzene rings is 1. The lowest BCUT2D eigenvalue weighted by Gasteiger charge is -2.28. The number of para-hydroxylation sites is 2. The van der Waals surface area contributed by atoms with E-state index in [1.165, 1.54) is 16.7 Å². The highest BCUT2D eigenvalue weighted by atomic mass is 32.2. The number of hydrogen-bond donors (Lipinski definition) is 1. The highest BCUT2D eigenvalue weighted by Gasteiger charge is 2.26. The molecular weight excluding hydrogens is 314 g/mol. The van der Waals surface area contributed by atoms with E-state index in [-0.39, 0.29) is 25.0 Å². The van der Waals surface area contributed by atoms with Gasteiger partial charge in [0.2, 0.25) is 5.91 Å². The predicted molar refractivity (Wildman–Crippen MR) is 88.9 cm³/mol. The largest absolute Gasteiger partial charge is 0.482 e. The molecule has 0 aliphatic carbocycles. The number of rotatable bonds is 4. The predicted octanol–water partition coefficient (Wildman–Crippen LogP) is 2.17. The van der Waals surface area contributed by atoms with Gasteiger partial charge in [0.1, 0.15) is 12.3 Å². The molecule has 1 aromatic carbocycles. The maximum Gasteiger partial charge on any atom is 0.265 e. The fourth-order valence-corrected chi connectivity index (χ4v) is 2.61. The summed E-state index contributed by atoms with van der Waals surface area (Å²) in [6.07, 6.45) is 3.53. The van der Waals surface area contributed by atoms with Crippen LogP contribution in [0.5, 0.6) is 5.75 Å². The summed E-state index contributed by atoms with van der Waals surface area (Å²) in [6.45, 7) is -0.127. The topological polar surface area (TPSA) is 71.5 Å². The van der Waals surface area contributed by atoms with Crippen molar-refractivity contribution in [2.75, 3.05) is 29.6 Å². The summed E-state index contributed by atoms with van der Waals surface area (Å²) in [4.78, 5) is 29.9. The lowest BCUT2D eigenvalue weighted by molar-refractivity contribution is -0.123. The number of nitrogens with zero attached hydrogens (tertiary/aromatic N) is 2. The van der Waals surface area contributed by atoms with E-state index in [1.54, 1.807) is 30.5 Å². The highest BCUT2D eigenvalue weighted by Crippen LogP contribution is 2.31. The quantitative estimate of drug-likeness (QED) is 0.871. The van der Waals surface area contributed by atoms with Crippen LogP contribution in [0.25, 0.3) is 0 Å². The number of ether oxygens (including phenoxy) is 1. The van der Waals surface area contributed by atoms with Gasteiger partial charge in [-0.25, -0.2) is 4.98 Å². The SMILES string of the molecule is CSc1ccc(NC(=O)CN2C(=O)COc3ccccc32)cn1. The monoisotopic (exact) mass is 329 g/mol. The van der Waals surface area contributed by atoms with E-state index in [4.69, 9.17) is 4.74 Å². The Morgan fingerprint density at radius 2 is 2.17 bits per heavy atom. The zero-order chi connectivity index (χ0) is 16.2. The van der Waals surface area contributed by atoms with Crippen LogP contribution in [0.2, 0.25) is 0 Å². The average Bonchev–Trinajstić information content (AvgIpc) is 2.58. The minimum absolute atomic E-state index is 0.0612. The molecule has 0 spiro atoms. The van der Waals surface area contributed by atoms with E-state index < -0.39 is 0 Å². The van der Waals surface area contributed by atoms with Crippen molar-refractivity contribution < 1.29 is 14.3 Å². The maximum atomic E-state index is 12.2. The van der Waals surface area contributed by atoms with Gasteiger partial charge in [0.05, 0.1) is 22.6 Å². The minimum atomic E-state index is -0.284. The second-order valence-electron chi connectivity index (χ2n) is 4.87. The van der Waals surface area contributed by atoms with Gasteiger partial charge in [0, 0.05) is 0 Å². The molecule has 23 heavy (non-hydrogen) atoms. The fourth-order valence-electron chi connectivity index (χ4n) is 2.25. The molecule has 3 rings (SSSR count). The number of aromatic nitrogens is 1. The summed E-state index contributed by atoms with van der Waals surface area (Å²) in [6, 6.07) is 10.8. The van der Waals surface area contributed by atoms with Crippen molar-refractivity contribution in [3.05, 3.63) is 42.6 Å². The first-order valence-electron chi connectivity index (χ1n) is 6.99. The normalized spacial score (nSPS) is 13.3. The molecule has 0 fully saturated rings. The van der Waals surface area contributed by atoms with Gasteiger partial charge in [-0.3, -0.25) is 14.5 Å². The Labute approximate surface area is 137 Å². The molecule has 0 saturated heterocycles. The Morgan fingerprint density at radius 3 is 2.91 bits per heavy atom. The van der Waals surface area contributed by atoms with Crippen molar-refractivity contribution in [1.82, 2.24) is 4.98 Å². The van der Waals surface area contributed by atoms with Crippen molar-refractivity contribution in [2.24, 2.45) is 0 Å². The summed E-state index contributed by atoms with van der Waals surface area (Å²) in [5.41, 5.74) is 1.21. The Bertz CT molecular complexity index is 734. The Kier molecular flexibility index (Phi) is 4.47. The molecule has 1 aliphatic heterocycles. The summed E-state index contributed by atoms with van der Waals surface area (Å²) < 4.78 is 5.36. The maximum absolute atomic E-state index is 12.2. The van der Waals surface area contributed by atoms with Crippen LogP contribution in [0.4, 0.5) is 11.4 Å². The first kappa shape index (κ1) is 15.4. The van der Waals surface area contributed by atoms with E-state index in [0.29, 0.717) is 17.1 Å². The first-order valence-corrected chi connectivity index (χ1v) is 8.22. The second-order valence-corrected chi connectivity index (χ2v) is 5.70. The van der Waals surface area contributed by atoms with Crippen molar-refractivity contribution in [2.45, 2.75) is 5.03 Å². The van der Waals surface area contributed by atoms with Crippen LogP contribution in [0, 0.1) is 0 Å². The van der Waals surface area contributed by atoms with Gasteiger partial charge in [-0.15, -0.1) is 11.8 Å². The number of nitrogens with one attached hydrogen (secondary N) is 1. The van der Waals surface area contributed by atoms with Crippen LogP contribution in [-0.2, 0) is 9.59 Å². The van der Waals surface area contributed by atoms with E-state index in [1.807, 2.05) is 18.4 Å². The van der Waals surface area contributed by atoms with Crippen LogP contribution in [-0.4, -0.2) is 36.2 Å². The molecule has 2 heterocycles. The molecule has 0 atom stereocenters. The van der Waals surface area contributed by atoms with Crippen molar-refractivity contribution in [1.29, 1.82) is 0 Å². The minimum Gasteiger partial charge on any atom is -0.482 e. The molecule has 0 saturated carbocycles. The van der Waals surface area contributed by atoms with E-state index in [0.717, 1.165) is 5.03 Å². The highest BCUT2D eigenvalue weighted by molar-refractivity contribution is 7.98. The number of hydrogen-bond acceptors (Lipinski definition) is 5. The number of carbonyl (C=O) groups excluding carboxylic acids is 2. The van der Waals surface area contributed by atoms with Crippen molar-refractivity contribution in [3.8, 4) is 5.75 Å². The third-order valence-corrected chi connectivity index (χ3v) is 4.00. The molecule has 7 heteroatoms. The molecule has 1 aromatic heterocycles.